The standard InChI is InChI=1S/C11H13NO3/c13-10-4-2-1-3-7(10)8-5-6-9(12-8)11(14)15/h1-4,8-9,12-13H,5-6H2,(H,14,15)/t8?,9-/m0/s1. The Balaban J connectivity index is 2.14. The lowest BCUT2D eigenvalue weighted by molar-refractivity contribution is -0.139. The quantitative estimate of drug-likeness (QED) is 0.683. The van der Waals surface area contributed by atoms with Gasteiger partial charge in [-0.05, 0) is 18.9 Å². The van der Waals surface area contributed by atoms with Crippen molar-refractivity contribution in [2.24, 2.45) is 0 Å². The molecule has 1 unspecified atom stereocenters. The zero-order valence-corrected chi connectivity index (χ0v) is 8.18. The van der Waals surface area contributed by atoms with Gasteiger partial charge in [0.15, 0.2) is 0 Å². The summed E-state index contributed by atoms with van der Waals surface area (Å²) < 4.78 is 0. The zero-order valence-electron chi connectivity index (χ0n) is 8.18. The van der Waals surface area contributed by atoms with Gasteiger partial charge in [-0.1, -0.05) is 18.2 Å². The average Bonchev–Trinajstić information content (AvgIpc) is 2.67. The van der Waals surface area contributed by atoms with Gasteiger partial charge in [-0.15, -0.1) is 0 Å². The van der Waals surface area contributed by atoms with E-state index in [9.17, 15) is 9.90 Å². The number of aliphatic carboxylic acids is 1. The van der Waals surface area contributed by atoms with Gasteiger partial charge in [-0.25, -0.2) is 0 Å². The third kappa shape index (κ3) is 1.94. The number of benzene rings is 1. The summed E-state index contributed by atoms with van der Waals surface area (Å²) in [6.45, 7) is 0. The average molecular weight is 207 g/mol. The molecule has 15 heavy (non-hydrogen) atoms. The van der Waals surface area contributed by atoms with E-state index in [4.69, 9.17) is 5.11 Å². The molecule has 0 bridgehead atoms. The number of carboxylic acid groups (broad SMARTS) is 1. The first-order chi connectivity index (χ1) is 7.18. The Morgan fingerprint density at radius 1 is 1.33 bits per heavy atom. The second kappa shape index (κ2) is 3.90. The Morgan fingerprint density at radius 2 is 2.07 bits per heavy atom. The van der Waals surface area contributed by atoms with Crippen molar-refractivity contribution in [1.29, 1.82) is 0 Å². The summed E-state index contributed by atoms with van der Waals surface area (Å²) in [5, 5.41) is 21.4. The molecule has 0 radical (unpaired) electrons. The number of hydrogen-bond acceptors (Lipinski definition) is 3. The fraction of sp³-hybridized carbons (Fsp3) is 0.364. The molecule has 1 aliphatic rings. The minimum atomic E-state index is -0.826. The van der Waals surface area contributed by atoms with Crippen LogP contribution in [0.3, 0.4) is 0 Å². The van der Waals surface area contributed by atoms with Crippen LogP contribution in [0.1, 0.15) is 24.4 Å². The maximum atomic E-state index is 10.7. The maximum Gasteiger partial charge on any atom is 0.320 e. The first kappa shape index (κ1) is 9.98. The second-order valence-corrected chi connectivity index (χ2v) is 3.75. The molecule has 0 spiro atoms. The molecule has 3 N–H and O–H groups in total. The molecule has 1 aromatic carbocycles. The van der Waals surface area contributed by atoms with Gasteiger partial charge in [-0.2, -0.15) is 0 Å². The number of hydrogen-bond donors (Lipinski definition) is 3. The molecule has 1 heterocycles. The van der Waals surface area contributed by atoms with E-state index in [1.54, 1.807) is 12.1 Å². The smallest absolute Gasteiger partial charge is 0.320 e. The van der Waals surface area contributed by atoms with Crippen LogP contribution in [0.2, 0.25) is 0 Å². The summed E-state index contributed by atoms with van der Waals surface area (Å²) in [7, 11) is 0. The molecule has 2 rings (SSSR count). The van der Waals surface area contributed by atoms with Crippen LogP contribution in [0.5, 0.6) is 5.75 Å². The predicted octanol–water partition coefficient (Wildman–Crippen LogP) is 1.27. The van der Waals surface area contributed by atoms with Crippen molar-refractivity contribution in [1.82, 2.24) is 5.32 Å². The van der Waals surface area contributed by atoms with Crippen molar-refractivity contribution in [2.75, 3.05) is 0 Å². The lowest BCUT2D eigenvalue weighted by atomic mass is 10.0. The van der Waals surface area contributed by atoms with Crippen LogP contribution in [0.25, 0.3) is 0 Å². The Bertz CT molecular complexity index is 378. The number of para-hydroxylation sites is 1. The number of nitrogens with one attached hydrogen (secondary N) is 1. The van der Waals surface area contributed by atoms with Crippen LogP contribution in [-0.2, 0) is 4.79 Å². The number of rotatable bonds is 2. The molecule has 4 nitrogen and oxygen atoms in total. The van der Waals surface area contributed by atoms with Gasteiger partial charge in [0.25, 0.3) is 0 Å². The molecule has 1 saturated heterocycles. The highest BCUT2D eigenvalue weighted by atomic mass is 16.4. The minimum absolute atomic E-state index is 0.0488. The van der Waals surface area contributed by atoms with Crippen LogP contribution in [0.4, 0.5) is 0 Å². The summed E-state index contributed by atoms with van der Waals surface area (Å²) in [4.78, 5) is 10.7. The highest BCUT2D eigenvalue weighted by Gasteiger charge is 2.30. The van der Waals surface area contributed by atoms with Gasteiger partial charge >= 0.3 is 5.97 Å². The lowest BCUT2D eigenvalue weighted by Gasteiger charge is -2.13. The van der Waals surface area contributed by atoms with Gasteiger partial charge in [0.05, 0.1) is 0 Å². The van der Waals surface area contributed by atoms with E-state index in [1.165, 1.54) is 0 Å². The molecule has 1 aliphatic heterocycles. The van der Waals surface area contributed by atoms with Crippen molar-refractivity contribution >= 4 is 5.97 Å². The zero-order chi connectivity index (χ0) is 10.8. The Labute approximate surface area is 87.6 Å². The maximum absolute atomic E-state index is 10.7. The Hall–Kier alpha value is -1.55. The summed E-state index contributed by atoms with van der Waals surface area (Å²) >= 11 is 0. The van der Waals surface area contributed by atoms with E-state index < -0.39 is 12.0 Å². The predicted molar refractivity (Wildman–Crippen MR) is 54.6 cm³/mol. The van der Waals surface area contributed by atoms with Crippen LogP contribution >= 0.6 is 0 Å². The third-order valence-electron chi connectivity index (χ3n) is 2.76. The molecule has 0 saturated carbocycles. The molecule has 4 heteroatoms. The summed E-state index contributed by atoms with van der Waals surface area (Å²) in [6, 6.07) is 6.48. The number of aromatic hydroxyl groups is 1. The van der Waals surface area contributed by atoms with Crippen molar-refractivity contribution in [2.45, 2.75) is 24.9 Å². The van der Waals surface area contributed by atoms with Gasteiger partial charge < -0.3 is 10.2 Å². The molecule has 1 fully saturated rings. The molecule has 0 aliphatic carbocycles. The summed E-state index contributed by atoms with van der Waals surface area (Å²) in [5.41, 5.74) is 0.779. The number of phenolic OH excluding ortho intramolecular Hbond substituents is 1. The Kier molecular flexibility index (Phi) is 2.60. The van der Waals surface area contributed by atoms with Crippen LogP contribution in [0, 0.1) is 0 Å². The SMILES string of the molecule is O=C(O)[C@@H]1CCC(c2ccccc2O)N1. The molecule has 0 aromatic heterocycles. The van der Waals surface area contributed by atoms with Crippen LogP contribution in [-0.4, -0.2) is 22.2 Å². The summed E-state index contributed by atoms with van der Waals surface area (Å²) in [5.74, 6) is -0.603. The van der Waals surface area contributed by atoms with Gasteiger partial charge in [-0.3, -0.25) is 10.1 Å². The molecular weight excluding hydrogens is 194 g/mol. The monoisotopic (exact) mass is 207 g/mol. The lowest BCUT2D eigenvalue weighted by Crippen LogP contribution is -2.31. The number of phenols is 1. The third-order valence-corrected chi connectivity index (χ3v) is 2.76. The molecule has 1 aromatic rings. The van der Waals surface area contributed by atoms with Gasteiger partial charge in [0.1, 0.15) is 11.8 Å². The first-order valence-electron chi connectivity index (χ1n) is 4.95. The number of carboxylic acids is 1. The molecular formula is C11H13NO3. The number of carbonyl (C=O) groups is 1. The Morgan fingerprint density at radius 3 is 2.67 bits per heavy atom. The normalized spacial score (nSPS) is 25.3. The topological polar surface area (TPSA) is 69.6 Å². The second-order valence-electron chi connectivity index (χ2n) is 3.75. The molecule has 80 valence electrons. The fourth-order valence-corrected chi connectivity index (χ4v) is 1.97. The van der Waals surface area contributed by atoms with Crippen molar-refractivity contribution in [3.63, 3.8) is 0 Å². The van der Waals surface area contributed by atoms with Crippen molar-refractivity contribution < 1.29 is 15.0 Å². The molecule has 0 amide bonds. The van der Waals surface area contributed by atoms with Crippen LogP contribution < -0.4 is 5.32 Å². The minimum Gasteiger partial charge on any atom is -0.508 e. The van der Waals surface area contributed by atoms with Crippen molar-refractivity contribution in [3.05, 3.63) is 29.8 Å². The van der Waals surface area contributed by atoms with E-state index in [0.29, 0.717) is 6.42 Å². The van der Waals surface area contributed by atoms with E-state index in [2.05, 4.69) is 5.32 Å². The molecule has 2 atom stereocenters. The van der Waals surface area contributed by atoms with E-state index in [0.717, 1.165) is 12.0 Å². The van der Waals surface area contributed by atoms with E-state index >= 15 is 0 Å². The largest absolute Gasteiger partial charge is 0.508 e. The fourth-order valence-electron chi connectivity index (χ4n) is 1.97. The van der Waals surface area contributed by atoms with Gasteiger partial charge in [0.2, 0.25) is 0 Å². The van der Waals surface area contributed by atoms with E-state index in [-0.39, 0.29) is 11.8 Å². The van der Waals surface area contributed by atoms with Crippen molar-refractivity contribution in [3.8, 4) is 5.75 Å². The highest BCUT2D eigenvalue weighted by Crippen LogP contribution is 2.31. The van der Waals surface area contributed by atoms with Crippen LogP contribution in [0.15, 0.2) is 24.3 Å². The highest BCUT2D eigenvalue weighted by molar-refractivity contribution is 5.74. The van der Waals surface area contributed by atoms with Gasteiger partial charge in [0, 0.05) is 11.6 Å². The summed E-state index contributed by atoms with van der Waals surface area (Å²) in [6.07, 6.45) is 1.35. The van der Waals surface area contributed by atoms with E-state index in [1.807, 2.05) is 12.1 Å². The first-order valence-corrected chi connectivity index (χ1v) is 4.95.